The lowest BCUT2D eigenvalue weighted by Crippen LogP contribution is -2.46. The van der Waals surface area contributed by atoms with Crippen LogP contribution in [0.1, 0.15) is 31.2 Å². The molecule has 3 rings (SSSR count). The molecule has 104 valence electrons. The van der Waals surface area contributed by atoms with Crippen molar-refractivity contribution in [1.29, 1.82) is 0 Å². The van der Waals surface area contributed by atoms with Crippen molar-refractivity contribution < 1.29 is 13.3 Å². The second kappa shape index (κ2) is 4.01. The van der Waals surface area contributed by atoms with Gasteiger partial charge in [-0.1, -0.05) is 31.2 Å². The van der Waals surface area contributed by atoms with Crippen LogP contribution in [0.4, 0.5) is 0 Å². The van der Waals surface area contributed by atoms with Gasteiger partial charge in [0.2, 0.25) is 0 Å². The summed E-state index contributed by atoms with van der Waals surface area (Å²) in [7, 11) is -4.72. The molecule has 0 amide bonds. The molecule has 2 aliphatic rings. The summed E-state index contributed by atoms with van der Waals surface area (Å²) >= 11 is 0. The van der Waals surface area contributed by atoms with E-state index >= 15 is 0 Å². The van der Waals surface area contributed by atoms with Crippen molar-refractivity contribution in [2.24, 2.45) is 11.8 Å². The Morgan fingerprint density at radius 2 is 1.84 bits per heavy atom. The van der Waals surface area contributed by atoms with Crippen molar-refractivity contribution in [2.45, 2.75) is 35.8 Å². The smallest absolute Gasteiger partial charge is 0.112 e. The molecule has 2 aliphatic carbocycles. The van der Waals surface area contributed by atoms with Crippen LogP contribution < -0.4 is 0 Å². The summed E-state index contributed by atoms with van der Waals surface area (Å²) in [6.45, 7) is 3.65. The maximum Gasteiger partial charge on any atom is 0.112 e. The average molecular weight is 280 g/mol. The minimum atomic E-state index is -4.72. The molecule has 3 unspecified atom stereocenters. The molecule has 3 atom stereocenters. The zero-order chi connectivity index (χ0) is 13.7. The Kier molecular flexibility index (Phi) is 2.75. The van der Waals surface area contributed by atoms with Crippen molar-refractivity contribution in [3.63, 3.8) is 0 Å². The van der Waals surface area contributed by atoms with Crippen molar-refractivity contribution in [1.82, 2.24) is 0 Å². The molecule has 4 heteroatoms. The first kappa shape index (κ1) is 13.0. The molecule has 0 saturated heterocycles. The molecule has 0 spiro atoms. The van der Waals surface area contributed by atoms with Gasteiger partial charge in [-0.15, -0.1) is 0 Å². The monoisotopic (exact) mass is 280 g/mol. The molecule has 2 fully saturated rings. The first-order chi connectivity index (χ1) is 8.89. The topological polar surface area (TPSA) is 57.5 Å². The lowest BCUT2D eigenvalue weighted by Gasteiger charge is -2.41. The number of benzene rings is 1. The van der Waals surface area contributed by atoms with Gasteiger partial charge < -0.3 is 9.11 Å². The highest BCUT2D eigenvalue weighted by molar-refractivity contribution is 8.10. The summed E-state index contributed by atoms with van der Waals surface area (Å²) in [4.78, 5) is 0.153. The van der Waals surface area contributed by atoms with Gasteiger partial charge in [0.15, 0.2) is 0 Å². The average Bonchev–Trinajstić information content (AvgIpc) is 3.01. The molecule has 0 aliphatic heterocycles. The van der Waals surface area contributed by atoms with Crippen LogP contribution in [-0.4, -0.2) is 18.6 Å². The van der Waals surface area contributed by atoms with Gasteiger partial charge in [-0.25, -0.2) is 4.21 Å². The van der Waals surface area contributed by atoms with Crippen molar-refractivity contribution in [3.8, 4) is 0 Å². The van der Waals surface area contributed by atoms with E-state index in [0.717, 1.165) is 24.8 Å². The summed E-state index contributed by atoms with van der Waals surface area (Å²) in [6.07, 6.45) is 5.44. The lowest BCUT2D eigenvalue weighted by atomic mass is 10.0. The Balaban J connectivity index is 1.99. The van der Waals surface area contributed by atoms with E-state index in [2.05, 4.69) is 6.58 Å². The van der Waals surface area contributed by atoms with Crippen LogP contribution in [0.3, 0.4) is 0 Å². The van der Waals surface area contributed by atoms with E-state index in [1.54, 1.807) is 30.3 Å². The number of hydrogen-bond acceptors (Lipinski definition) is 1. The highest BCUT2D eigenvalue weighted by atomic mass is 32.3. The Bertz CT molecular complexity index is 570. The Morgan fingerprint density at radius 3 is 2.32 bits per heavy atom. The summed E-state index contributed by atoms with van der Waals surface area (Å²) in [5, 5.41) is -0.495. The largest absolute Gasteiger partial charge is 0.304 e. The first-order valence-electron chi connectivity index (χ1n) is 6.77. The second-order valence-electron chi connectivity index (χ2n) is 5.91. The van der Waals surface area contributed by atoms with Crippen molar-refractivity contribution in [2.75, 3.05) is 0 Å². The van der Waals surface area contributed by atoms with E-state index in [9.17, 15) is 13.3 Å². The van der Waals surface area contributed by atoms with E-state index in [1.165, 1.54) is 0 Å². The molecule has 0 radical (unpaired) electrons. The Labute approximate surface area is 113 Å². The predicted octanol–water partition coefficient (Wildman–Crippen LogP) is 3.64. The molecule has 19 heavy (non-hydrogen) atoms. The summed E-state index contributed by atoms with van der Waals surface area (Å²) < 4.78 is 33.9. The van der Waals surface area contributed by atoms with E-state index in [0.29, 0.717) is 12.3 Å². The zero-order valence-electron chi connectivity index (χ0n) is 10.9. The third-order valence-electron chi connectivity index (χ3n) is 4.78. The quantitative estimate of drug-likeness (QED) is 0.888. The highest BCUT2D eigenvalue weighted by Crippen LogP contribution is 2.53. The molecule has 1 aromatic rings. The van der Waals surface area contributed by atoms with Crippen LogP contribution in [0, 0.1) is 11.8 Å². The first-order valence-corrected chi connectivity index (χ1v) is 8.72. The molecule has 0 aromatic heterocycles. The van der Waals surface area contributed by atoms with E-state index in [-0.39, 0.29) is 10.8 Å². The third kappa shape index (κ3) is 1.98. The van der Waals surface area contributed by atoms with Crippen LogP contribution in [-0.2, 0) is 9.63 Å². The Hall–Kier alpha value is -0.970. The zero-order valence-corrected chi connectivity index (χ0v) is 11.7. The van der Waals surface area contributed by atoms with Gasteiger partial charge >= 0.3 is 0 Å². The minimum absolute atomic E-state index is 0.153. The normalized spacial score (nSPS) is 31.9. The highest BCUT2D eigenvalue weighted by Gasteiger charge is 2.53. The Morgan fingerprint density at radius 1 is 1.16 bits per heavy atom. The van der Waals surface area contributed by atoms with Gasteiger partial charge in [0.1, 0.15) is 9.63 Å². The molecular formula is C15H20O3S. The van der Waals surface area contributed by atoms with Crippen LogP contribution in [0.15, 0.2) is 35.7 Å². The molecule has 3 nitrogen and oxygen atoms in total. The van der Waals surface area contributed by atoms with E-state index in [1.807, 2.05) is 0 Å². The standard InChI is InChI=1S/C15H20O3S/c1-2-11-4-7-14(8-5-11)19(16,17,18)15-10-12-3-6-13(15)9-12/h2,4-5,7-8,12-13,15H,1,3,6,9-10H2,(H2,16,17,18). The maximum atomic E-state index is 12.9. The van der Waals surface area contributed by atoms with Crippen LogP contribution in [0.2, 0.25) is 0 Å². The van der Waals surface area contributed by atoms with Crippen LogP contribution in [0.5, 0.6) is 0 Å². The van der Waals surface area contributed by atoms with E-state index in [4.69, 9.17) is 0 Å². The number of hydrogen-bond donors (Lipinski definition) is 2. The maximum absolute atomic E-state index is 12.9. The van der Waals surface area contributed by atoms with Crippen molar-refractivity contribution in [3.05, 3.63) is 36.4 Å². The van der Waals surface area contributed by atoms with Gasteiger partial charge in [0.05, 0.1) is 10.1 Å². The fourth-order valence-electron chi connectivity index (χ4n) is 3.74. The van der Waals surface area contributed by atoms with Gasteiger partial charge in [-0.2, -0.15) is 0 Å². The summed E-state index contributed by atoms with van der Waals surface area (Å²) in [5.41, 5.74) is 0.875. The summed E-state index contributed by atoms with van der Waals surface area (Å²) in [5.74, 6) is 0.713. The van der Waals surface area contributed by atoms with Crippen LogP contribution in [0.25, 0.3) is 6.08 Å². The second-order valence-corrected chi connectivity index (χ2v) is 8.83. The fourth-order valence-corrected chi connectivity index (χ4v) is 6.30. The summed E-state index contributed by atoms with van der Waals surface area (Å²) in [6, 6.07) is 6.54. The van der Waals surface area contributed by atoms with Crippen LogP contribution >= 0.6 is 0 Å². The molecular weight excluding hydrogens is 260 g/mol. The van der Waals surface area contributed by atoms with Crippen molar-refractivity contribution >= 4 is 15.7 Å². The molecule has 2 bridgehead atoms. The molecule has 2 saturated carbocycles. The number of rotatable bonds is 3. The fraction of sp³-hybridized carbons (Fsp3) is 0.467. The van der Waals surface area contributed by atoms with Gasteiger partial charge in [0, 0.05) is 0 Å². The van der Waals surface area contributed by atoms with Gasteiger partial charge in [0.25, 0.3) is 0 Å². The van der Waals surface area contributed by atoms with E-state index < -0.39 is 14.9 Å². The third-order valence-corrected chi connectivity index (χ3v) is 7.61. The number of fused-ring (bicyclic) bond motifs is 2. The predicted molar refractivity (Wildman–Crippen MR) is 77.4 cm³/mol. The SMILES string of the molecule is C=Cc1ccc(S(=O)(O)(O)C2CC3CCC2C3)cc1. The van der Waals surface area contributed by atoms with Gasteiger partial charge in [-0.05, 0) is 48.8 Å². The van der Waals surface area contributed by atoms with Gasteiger partial charge in [-0.3, -0.25) is 0 Å². The molecule has 0 heterocycles. The minimum Gasteiger partial charge on any atom is -0.304 e. The molecule has 1 aromatic carbocycles. The lowest BCUT2D eigenvalue weighted by molar-refractivity contribution is 0.342. The molecule has 2 N–H and O–H groups in total.